The molecule has 20 heavy (non-hydrogen) atoms. The van der Waals surface area contributed by atoms with E-state index in [0.717, 1.165) is 4.47 Å². The van der Waals surface area contributed by atoms with Crippen LogP contribution in [0.5, 0.6) is 0 Å². The van der Waals surface area contributed by atoms with E-state index in [-0.39, 0.29) is 11.6 Å². The number of allylic oxidation sites excluding steroid dienone is 2. The zero-order valence-corrected chi connectivity index (χ0v) is 12.7. The van der Waals surface area contributed by atoms with Crippen LogP contribution in [0.1, 0.15) is 19.4 Å². The van der Waals surface area contributed by atoms with Gasteiger partial charge >= 0.3 is 0 Å². The Bertz CT molecular complexity index is 641. The van der Waals surface area contributed by atoms with E-state index in [2.05, 4.69) is 26.7 Å². The second-order valence-electron chi connectivity index (χ2n) is 5.27. The van der Waals surface area contributed by atoms with Crippen LogP contribution in [0, 0.1) is 5.82 Å². The average Bonchev–Trinajstić information content (AvgIpc) is 2.67. The summed E-state index contributed by atoms with van der Waals surface area (Å²) in [5.41, 5.74) is 3.78. The summed E-state index contributed by atoms with van der Waals surface area (Å²) in [6, 6.07) is 4.83. The SMILES string of the molecule is CC1=C(F)C2=CN[C@](C)(c3cc(Br)ccc3F)CN2N1. The number of hydrogen-bond donors (Lipinski definition) is 2. The number of hydrogen-bond acceptors (Lipinski definition) is 3. The molecule has 3 nitrogen and oxygen atoms in total. The summed E-state index contributed by atoms with van der Waals surface area (Å²) in [5, 5.41) is 4.82. The van der Waals surface area contributed by atoms with Gasteiger partial charge in [0.2, 0.25) is 0 Å². The largest absolute Gasteiger partial charge is 0.378 e. The molecule has 2 heterocycles. The molecule has 0 aromatic heterocycles. The minimum atomic E-state index is -0.644. The fourth-order valence-electron chi connectivity index (χ4n) is 2.56. The normalized spacial score (nSPS) is 25.1. The lowest BCUT2D eigenvalue weighted by molar-refractivity contribution is 0.190. The maximum Gasteiger partial charge on any atom is 0.170 e. The van der Waals surface area contributed by atoms with Crippen molar-refractivity contribution in [2.24, 2.45) is 0 Å². The van der Waals surface area contributed by atoms with E-state index < -0.39 is 5.54 Å². The molecule has 1 atom stereocenters. The van der Waals surface area contributed by atoms with E-state index in [0.29, 0.717) is 23.5 Å². The topological polar surface area (TPSA) is 27.3 Å². The fraction of sp³-hybridized carbons (Fsp3) is 0.286. The van der Waals surface area contributed by atoms with Crippen LogP contribution in [0.25, 0.3) is 0 Å². The molecule has 2 aliphatic heterocycles. The second kappa shape index (κ2) is 4.48. The van der Waals surface area contributed by atoms with Crippen LogP contribution >= 0.6 is 15.9 Å². The van der Waals surface area contributed by atoms with Gasteiger partial charge in [-0.2, -0.15) is 0 Å². The van der Waals surface area contributed by atoms with Crippen molar-refractivity contribution in [1.29, 1.82) is 0 Å². The molecular formula is C14H14BrF2N3. The first kappa shape index (κ1) is 13.4. The highest BCUT2D eigenvalue weighted by molar-refractivity contribution is 9.10. The van der Waals surface area contributed by atoms with E-state index in [1.165, 1.54) is 6.07 Å². The third kappa shape index (κ3) is 1.98. The molecule has 0 fully saturated rings. The smallest absolute Gasteiger partial charge is 0.170 e. The first-order chi connectivity index (χ1) is 9.40. The molecule has 0 radical (unpaired) electrons. The Kier molecular flexibility index (Phi) is 3.01. The Labute approximate surface area is 124 Å². The van der Waals surface area contributed by atoms with Crippen LogP contribution < -0.4 is 10.7 Å². The maximum absolute atomic E-state index is 14.1. The van der Waals surface area contributed by atoms with Gasteiger partial charge in [-0.05, 0) is 32.0 Å². The number of halogens is 3. The zero-order valence-electron chi connectivity index (χ0n) is 11.1. The third-order valence-electron chi connectivity index (χ3n) is 3.67. The van der Waals surface area contributed by atoms with E-state index >= 15 is 0 Å². The Balaban J connectivity index is 1.98. The number of rotatable bonds is 1. The lowest BCUT2D eigenvalue weighted by atomic mass is 9.90. The Hall–Kier alpha value is -1.56. The molecular weight excluding hydrogens is 328 g/mol. The van der Waals surface area contributed by atoms with Gasteiger partial charge in [-0.25, -0.2) is 8.78 Å². The van der Waals surface area contributed by atoms with Gasteiger partial charge in [-0.15, -0.1) is 0 Å². The van der Waals surface area contributed by atoms with Crippen molar-refractivity contribution < 1.29 is 8.78 Å². The van der Waals surface area contributed by atoms with E-state index in [9.17, 15) is 8.78 Å². The van der Waals surface area contributed by atoms with Crippen LogP contribution in [0.2, 0.25) is 0 Å². The highest BCUT2D eigenvalue weighted by atomic mass is 79.9. The standard InChI is InChI=1S/C14H14BrF2N3/c1-8-13(17)12-6-18-14(2,7-20(12)19-8)10-5-9(15)3-4-11(10)16/h3-6,18-19H,7H2,1-2H3/t14-/m0/s1. The summed E-state index contributed by atoms with van der Waals surface area (Å²) < 4.78 is 28.7. The first-order valence-electron chi connectivity index (χ1n) is 6.25. The van der Waals surface area contributed by atoms with Crippen LogP contribution in [-0.4, -0.2) is 11.6 Å². The van der Waals surface area contributed by atoms with Gasteiger partial charge in [0.15, 0.2) is 5.83 Å². The molecule has 2 aliphatic rings. The average molecular weight is 342 g/mol. The summed E-state index contributed by atoms with van der Waals surface area (Å²) in [6.45, 7) is 3.97. The zero-order chi connectivity index (χ0) is 14.5. The molecule has 2 N–H and O–H groups in total. The van der Waals surface area contributed by atoms with Crippen LogP contribution in [0.3, 0.4) is 0 Å². The molecule has 0 amide bonds. The highest BCUT2D eigenvalue weighted by Gasteiger charge is 2.39. The van der Waals surface area contributed by atoms with Crippen molar-refractivity contribution in [2.75, 3.05) is 6.54 Å². The van der Waals surface area contributed by atoms with Crippen molar-refractivity contribution >= 4 is 15.9 Å². The molecule has 3 rings (SSSR count). The molecule has 1 aromatic carbocycles. The molecule has 0 unspecified atom stereocenters. The van der Waals surface area contributed by atoms with Crippen molar-refractivity contribution in [1.82, 2.24) is 15.8 Å². The first-order valence-corrected chi connectivity index (χ1v) is 7.04. The van der Waals surface area contributed by atoms with Crippen molar-refractivity contribution in [3.8, 4) is 0 Å². The fourth-order valence-corrected chi connectivity index (χ4v) is 2.92. The predicted molar refractivity (Wildman–Crippen MR) is 76.3 cm³/mol. The van der Waals surface area contributed by atoms with Gasteiger partial charge in [-0.1, -0.05) is 15.9 Å². The number of nitrogens with zero attached hydrogens (tertiary/aromatic N) is 1. The number of fused-ring (bicyclic) bond motifs is 1. The third-order valence-corrected chi connectivity index (χ3v) is 4.17. The summed E-state index contributed by atoms with van der Waals surface area (Å²) in [6.07, 6.45) is 1.59. The Morgan fingerprint density at radius 3 is 2.85 bits per heavy atom. The summed E-state index contributed by atoms with van der Waals surface area (Å²) >= 11 is 3.36. The van der Waals surface area contributed by atoms with Gasteiger partial charge in [-0.3, -0.25) is 10.4 Å². The molecule has 0 bridgehead atoms. The lowest BCUT2D eigenvalue weighted by Gasteiger charge is -2.40. The van der Waals surface area contributed by atoms with Gasteiger partial charge in [0, 0.05) is 16.2 Å². The molecule has 0 spiro atoms. The highest BCUT2D eigenvalue weighted by Crippen LogP contribution is 2.35. The second-order valence-corrected chi connectivity index (χ2v) is 6.18. The van der Waals surface area contributed by atoms with Gasteiger partial charge < -0.3 is 5.32 Å². The summed E-state index contributed by atoms with van der Waals surface area (Å²) in [5.74, 6) is -0.571. The summed E-state index contributed by atoms with van der Waals surface area (Å²) in [4.78, 5) is 0. The van der Waals surface area contributed by atoms with Crippen LogP contribution in [0.4, 0.5) is 8.78 Å². The van der Waals surface area contributed by atoms with Gasteiger partial charge in [0.05, 0.1) is 17.8 Å². The monoisotopic (exact) mass is 341 g/mol. The molecule has 0 saturated heterocycles. The predicted octanol–water partition coefficient (Wildman–Crippen LogP) is 3.27. The molecule has 106 valence electrons. The van der Waals surface area contributed by atoms with Crippen LogP contribution in [-0.2, 0) is 5.54 Å². The number of hydrazine groups is 1. The summed E-state index contributed by atoms with van der Waals surface area (Å²) in [7, 11) is 0. The van der Waals surface area contributed by atoms with Crippen molar-refractivity contribution in [3.05, 3.63) is 57.5 Å². The minimum absolute atomic E-state index is 0.283. The Morgan fingerprint density at radius 1 is 1.35 bits per heavy atom. The van der Waals surface area contributed by atoms with Crippen LogP contribution in [0.15, 0.2) is 46.1 Å². The maximum atomic E-state index is 14.1. The molecule has 0 saturated carbocycles. The minimum Gasteiger partial charge on any atom is -0.378 e. The van der Waals surface area contributed by atoms with Gasteiger partial charge in [0.25, 0.3) is 0 Å². The Morgan fingerprint density at radius 2 is 2.10 bits per heavy atom. The van der Waals surface area contributed by atoms with Crippen molar-refractivity contribution in [2.45, 2.75) is 19.4 Å². The van der Waals surface area contributed by atoms with E-state index in [4.69, 9.17) is 0 Å². The number of benzene rings is 1. The lowest BCUT2D eigenvalue weighted by Crippen LogP contribution is -2.53. The van der Waals surface area contributed by atoms with Crippen molar-refractivity contribution in [3.63, 3.8) is 0 Å². The molecule has 6 heteroatoms. The molecule has 0 aliphatic carbocycles. The molecule has 1 aromatic rings. The van der Waals surface area contributed by atoms with Gasteiger partial charge in [0.1, 0.15) is 11.5 Å². The quantitative estimate of drug-likeness (QED) is 0.820. The van der Waals surface area contributed by atoms with E-state index in [1.807, 2.05) is 6.92 Å². The number of nitrogens with one attached hydrogen (secondary N) is 2. The van der Waals surface area contributed by atoms with E-state index in [1.54, 1.807) is 30.3 Å².